The molecule has 0 aromatic carbocycles. The first kappa shape index (κ1) is 12.0. The third-order valence-electron chi connectivity index (χ3n) is 2.56. The van der Waals surface area contributed by atoms with Gasteiger partial charge < -0.3 is 0 Å². The maximum atomic E-state index is 11.2. The highest BCUT2D eigenvalue weighted by atomic mass is 16.2. The Kier molecular flexibility index (Phi) is 4.53. The van der Waals surface area contributed by atoms with Gasteiger partial charge in [-0.25, -0.2) is 0 Å². The lowest BCUT2D eigenvalue weighted by Crippen LogP contribution is -2.21. The molecule has 1 fully saturated rings. The van der Waals surface area contributed by atoms with Gasteiger partial charge in [-0.1, -0.05) is 26.0 Å². The molecule has 1 rings (SSSR count). The Morgan fingerprint density at radius 2 is 2.13 bits per heavy atom. The topological polar surface area (TPSA) is 46.2 Å². The first-order chi connectivity index (χ1) is 7.09. The second-order valence-electron chi connectivity index (χ2n) is 4.49. The van der Waals surface area contributed by atoms with E-state index >= 15 is 0 Å². The summed E-state index contributed by atoms with van der Waals surface area (Å²) in [7, 11) is 0. The molecule has 0 aromatic heterocycles. The largest absolute Gasteiger partial charge is 0.296 e. The van der Waals surface area contributed by atoms with Crippen molar-refractivity contribution in [1.29, 1.82) is 0 Å². The lowest BCUT2D eigenvalue weighted by atomic mass is 10.0. The fraction of sp³-hybridized carbons (Fsp3) is 0.667. The van der Waals surface area contributed by atoms with Crippen molar-refractivity contribution in [3.05, 3.63) is 12.2 Å². The Bertz CT molecular complexity index is 269. The van der Waals surface area contributed by atoms with Gasteiger partial charge in [-0.2, -0.15) is 0 Å². The Hall–Kier alpha value is -1.12. The Labute approximate surface area is 90.9 Å². The van der Waals surface area contributed by atoms with Gasteiger partial charge in [0, 0.05) is 6.42 Å². The highest BCUT2D eigenvalue weighted by Crippen LogP contribution is 2.15. The summed E-state index contributed by atoms with van der Waals surface area (Å²) in [6.45, 7) is 4.38. The highest BCUT2D eigenvalue weighted by Gasteiger charge is 2.28. The maximum absolute atomic E-state index is 11.2. The van der Waals surface area contributed by atoms with Crippen LogP contribution in [-0.4, -0.2) is 11.8 Å². The van der Waals surface area contributed by atoms with Crippen molar-refractivity contribution >= 4 is 11.8 Å². The zero-order chi connectivity index (χ0) is 11.3. The number of amides is 2. The molecular weight excluding hydrogens is 190 g/mol. The number of hydrogen-bond acceptors (Lipinski definition) is 2. The van der Waals surface area contributed by atoms with E-state index in [9.17, 15) is 9.59 Å². The summed E-state index contributed by atoms with van der Waals surface area (Å²) >= 11 is 0. The minimum absolute atomic E-state index is 0.117. The summed E-state index contributed by atoms with van der Waals surface area (Å²) in [6.07, 6.45) is 7.40. The molecule has 1 saturated heterocycles. The van der Waals surface area contributed by atoms with Crippen LogP contribution >= 0.6 is 0 Å². The fourth-order valence-electron chi connectivity index (χ4n) is 1.61. The van der Waals surface area contributed by atoms with Crippen LogP contribution in [0, 0.1) is 11.8 Å². The van der Waals surface area contributed by atoms with Gasteiger partial charge in [0.2, 0.25) is 11.8 Å². The van der Waals surface area contributed by atoms with Gasteiger partial charge in [-0.15, -0.1) is 0 Å². The molecular formula is C12H19NO2. The fourth-order valence-corrected chi connectivity index (χ4v) is 1.61. The van der Waals surface area contributed by atoms with Gasteiger partial charge in [-0.3, -0.25) is 14.9 Å². The number of allylic oxidation sites excluding steroid dienone is 2. The molecule has 1 N–H and O–H groups in total. The van der Waals surface area contributed by atoms with Crippen molar-refractivity contribution in [3.8, 4) is 0 Å². The lowest BCUT2D eigenvalue weighted by Gasteiger charge is -2.01. The van der Waals surface area contributed by atoms with Crippen LogP contribution in [0.1, 0.15) is 39.5 Å². The van der Waals surface area contributed by atoms with Crippen LogP contribution in [0.15, 0.2) is 12.2 Å². The average Bonchev–Trinajstić information content (AvgIpc) is 2.44. The number of nitrogens with one attached hydrogen (secondary N) is 1. The minimum Gasteiger partial charge on any atom is -0.296 e. The van der Waals surface area contributed by atoms with Crippen LogP contribution in [0.4, 0.5) is 0 Å². The molecule has 2 amide bonds. The quantitative estimate of drug-likeness (QED) is 0.556. The zero-order valence-corrected chi connectivity index (χ0v) is 9.45. The minimum atomic E-state index is -0.138. The van der Waals surface area contributed by atoms with Crippen LogP contribution in [0.25, 0.3) is 0 Å². The van der Waals surface area contributed by atoms with Crippen molar-refractivity contribution in [2.24, 2.45) is 11.8 Å². The van der Waals surface area contributed by atoms with Crippen molar-refractivity contribution in [3.63, 3.8) is 0 Å². The smallest absolute Gasteiger partial charge is 0.230 e. The predicted octanol–water partition coefficient (Wildman–Crippen LogP) is 2.03. The summed E-state index contributed by atoms with van der Waals surface area (Å²) in [5, 5.41) is 2.31. The van der Waals surface area contributed by atoms with Crippen molar-refractivity contribution in [2.45, 2.75) is 39.5 Å². The molecule has 1 aliphatic heterocycles. The molecule has 3 nitrogen and oxygen atoms in total. The zero-order valence-electron chi connectivity index (χ0n) is 9.45. The molecule has 0 saturated carbocycles. The monoisotopic (exact) mass is 209 g/mol. The molecule has 0 aromatic rings. The third kappa shape index (κ3) is 4.28. The normalized spacial score (nSPS) is 21.7. The summed E-state index contributed by atoms with van der Waals surface area (Å²) in [5.41, 5.74) is 0. The Morgan fingerprint density at radius 1 is 1.40 bits per heavy atom. The van der Waals surface area contributed by atoms with Crippen molar-refractivity contribution in [1.82, 2.24) is 5.32 Å². The summed E-state index contributed by atoms with van der Waals surface area (Å²) in [5.74, 6) is 0.327. The standard InChI is InChI=1S/C12H19NO2/c1-9(2)6-4-3-5-7-10-8-11(14)13-12(10)15/h3,5,9-10H,4,6-8H2,1-2H3,(H,13,14,15). The molecule has 0 spiro atoms. The Morgan fingerprint density at radius 3 is 2.67 bits per heavy atom. The molecule has 84 valence electrons. The molecule has 0 radical (unpaired) electrons. The second-order valence-corrected chi connectivity index (χ2v) is 4.49. The van der Waals surface area contributed by atoms with Gasteiger partial charge in [0.1, 0.15) is 0 Å². The van der Waals surface area contributed by atoms with Gasteiger partial charge in [0.05, 0.1) is 5.92 Å². The van der Waals surface area contributed by atoms with Crippen LogP contribution < -0.4 is 5.32 Å². The van der Waals surface area contributed by atoms with E-state index in [1.165, 1.54) is 6.42 Å². The summed E-state index contributed by atoms with van der Waals surface area (Å²) in [6, 6.07) is 0. The number of imide groups is 1. The van der Waals surface area contributed by atoms with Crippen LogP contribution in [0.3, 0.4) is 0 Å². The van der Waals surface area contributed by atoms with E-state index in [4.69, 9.17) is 0 Å². The number of rotatable bonds is 5. The van der Waals surface area contributed by atoms with E-state index in [0.29, 0.717) is 18.8 Å². The highest BCUT2D eigenvalue weighted by molar-refractivity contribution is 6.03. The van der Waals surface area contributed by atoms with E-state index in [1.54, 1.807) is 0 Å². The van der Waals surface area contributed by atoms with Crippen LogP contribution in [0.5, 0.6) is 0 Å². The van der Waals surface area contributed by atoms with E-state index < -0.39 is 0 Å². The number of carbonyl (C=O) groups excluding carboxylic acids is 2. The first-order valence-corrected chi connectivity index (χ1v) is 5.58. The van der Waals surface area contributed by atoms with Crippen molar-refractivity contribution < 1.29 is 9.59 Å². The van der Waals surface area contributed by atoms with E-state index in [1.807, 2.05) is 6.08 Å². The van der Waals surface area contributed by atoms with Gasteiger partial charge in [-0.05, 0) is 25.2 Å². The molecule has 0 bridgehead atoms. The first-order valence-electron chi connectivity index (χ1n) is 5.58. The second kappa shape index (κ2) is 5.69. The van der Waals surface area contributed by atoms with E-state index in [-0.39, 0.29) is 17.7 Å². The average molecular weight is 209 g/mol. The molecule has 1 aliphatic rings. The SMILES string of the molecule is CC(C)CCC=CCC1CC(=O)NC1=O. The van der Waals surface area contributed by atoms with Crippen molar-refractivity contribution in [2.75, 3.05) is 0 Å². The predicted molar refractivity (Wildman–Crippen MR) is 59.1 cm³/mol. The molecule has 1 heterocycles. The maximum Gasteiger partial charge on any atom is 0.230 e. The number of hydrogen-bond donors (Lipinski definition) is 1. The van der Waals surface area contributed by atoms with Crippen LogP contribution in [-0.2, 0) is 9.59 Å². The van der Waals surface area contributed by atoms with Gasteiger partial charge >= 0.3 is 0 Å². The summed E-state index contributed by atoms with van der Waals surface area (Å²) < 4.78 is 0. The molecule has 3 heteroatoms. The lowest BCUT2D eigenvalue weighted by molar-refractivity contribution is -0.125. The van der Waals surface area contributed by atoms with Crippen LogP contribution in [0.2, 0.25) is 0 Å². The Balaban J connectivity index is 2.19. The molecule has 1 atom stereocenters. The molecule has 1 unspecified atom stereocenters. The van der Waals surface area contributed by atoms with Gasteiger partial charge in [0.25, 0.3) is 0 Å². The molecule has 0 aliphatic carbocycles. The summed E-state index contributed by atoms with van der Waals surface area (Å²) in [4.78, 5) is 22.1. The van der Waals surface area contributed by atoms with E-state index in [2.05, 4.69) is 25.2 Å². The third-order valence-corrected chi connectivity index (χ3v) is 2.56. The van der Waals surface area contributed by atoms with Gasteiger partial charge in [0.15, 0.2) is 0 Å². The number of carbonyl (C=O) groups is 2. The van der Waals surface area contributed by atoms with E-state index in [0.717, 1.165) is 6.42 Å². The molecule has 15 heavy (non-hydrogen) atoms.